The van der Waals surface area contributed by atoms with Gasteiger partial charge in [0.1, 0.15) is 5.82 Å². The Kier molecular flexibility index (Phi) is 4.49. The first kappa shape index (κ1) is 14.9. The van der Waals surface area contributed by atoms with E-state index in [1.54, 1.807) is 31.3 Å². The Bertz CT molecular complexity index is 698. The van der Waals surface area contributed by atoms with E-state index in [2.05, 4.69) is 9.97 Å². The maximum Gasteiger partial charge on any atom is 0.253 e. The Morgan fingerprint density at radius 2 is 2.00 bits per heavy atom. The van der Waals surface area contributed by atoms with E-state index in [0.717, 1.165) is 17.4 Å². The van der Waals surface area contributed by atoms with Gasteiger partial charge in [0.05, 0.1) is 5.75 Å². The molecule has 0 saturated heterocycles. The molecule has 1 amide bonds. The summed E-state index contributed by atoms with van der Waals surface area (Å²) in [6.45, 7) is 0. The van der Waals surface area contributed by atoms with E-state index in [1.165, 1.54) is 11.0 Å². The zero-order chi connectivity index (χ0) is 15.4. The standard InChI is InChI=1S/C13H15N5O2S/c1-18(9-4-2-8(14)3-5-9)12(20)7-21-13-16-10(15)6-11(19)17-13/h2-6H,7,14H2,1H3,(H3,15,16,17,19). The maximum atomic E-state index is 12.1. The number of amides is 1. The monoisotopic (exact) mass is 305 g/mol. The van der Waals surface area contributed by atoms with Gasteiger partial charge in [0.2, 0.25) is 5.91 Å². The highest BCUT2D eigenvalue weighted by atomic mass is 32.2. The zero-order valence-corrected chi connectivity index (χ0v) is 12.2. The lowest BCUT2D eigenvalue weighted by atomic mass is 10.2. The van der Waals surface area contributed by atoms with Crippen molar-refractivity contribution in [3.63, 3.8) is 0 Å². The van der Waals surface area contributed by atoms with Gasteiger partial charge in [-0.3, -0.25) is 9.59 Å². The van der Waals surface area contributed by atoms with Crippen LogP contribution in [0.1, 0.15) is 0 Å². The predicted octanol–water partition coefficient (Wildman–Crippen LogP) is 0.689. The van der Waals surface area contributed by atoms with E-state index in [4.69, 9.17) is 11.5 Å². The molecule has 0 aliphatic carbocycles. The quantitative estimate of drug-likeness (QED) is 0.434. The highest BCUT2D eigenvalue weighted by Gasteiger charge is 2.12. The summed E-state index contributed by atoms with van der Waals surface area (Å²) >= 11 is 1.12. The van der Waals surface area contributed by atoms with Gasteiger partial charge in [-0.2, -0.15) is 0 Å². The van der Waals surface area contributed by atoms with Crippen LogP contribution < -0.4 is 21.9 Å². The molecule has 0 atom stereocenters. The molecule has 21 heavy (non-hydrogen) atoms. The Morgan fingerprint density at radius 1 is 1.33 bits per heavy atom. The van der Waals surface area contributed by atoms with E-state index >= 15 is 0 Å². The fraction of sp³-hybridized carbons (Fsp3) is 0.154. The van der Waals surface area contributed by atoms with Crippen molar-refractivity contribution in [3.05, 3.63) is 40.7 Å². The first-order chi connectivity index (χ1) is 9.95. The van der Waals surface area contributed by atoms with E-state index in [1.807, 2.05) is 0 Å². The smallest absolute Gasteiger partial charge is 0.253 e. The molecule has 1 heterocycles. The van der Waals surface area contributed by atoms with Gasteiger partial charge in [-0.15, -0.1) is 0 Å². The van der Waals surface area contributed by atoms with E-state index in [0.29, 0.717) is 10.8 Å². The van der Waals surface area contributed by atoms with Gasteiger partial charge in [0.25, 0.3) is 5.56 Å². The number of nitrogens with two attached hydrogens (primary N) is 2. The summed E-state index contributed by atoms with van der Waals surface area (Å²) in [6, 6.07) is 8.16. The van der Waals surface area contributed by atoms with Crippen LogP contribution in [0.5, 0.6) is 0 Å². The average Bonchev–Trinajstić information content (AvgIpc) is 2.44. The largest absolute Gasteiger partial charge is 0.399 e. The molecule has 0 fully saturated rings. The van der Waals surface area contributed by atoms with Gasteiger partial charge in [-0.25, -0.2) is 4.98 Å². The van der Waals surface area contributed by atoms with Crippen molar-refractivity contribution in [3.8, 4) is 0 Å². The molecule has 2 rings (SSSR count). The normalized spacial score (nSPS) is 10.3. The molecule has 0 aliphatic heterocycles. The molecule has 0 bridgehead atoms. The lowest BCUT2D eigenvalue weighted by molar-refractivity contribution is -0.115. The second-order valence-electron chi connectivity index (χ2n) is 4.31. The number of hydrogen-bond acceptors (Lipinski definition) is 6. The fourth-order valence-corrected chi connectivity index (χ4v) is 2.39. The summed E-state index contributed by atoms with van der Waals surface area (Å²) in [5, 5.41) is 0.319. The highest BCUT2D eigenvalue weighted by Crippen LogP contribution is 2.18. The molecular formula is C13H15N5O2S. The number of hydrogen-bond donors (Lipinski definition) is 3. The summed E-state index contributed by atoms with van der Waals surface area (Å²) in [6.07, 6.45) is 0. The number of nitrogen functional groups attached to an aromatic ring is 2. The van der Waals surface area contributed by atoms with Crippen LogP contribution in [-0.2, 0) is 4.79 Å². The molecule has 2 aromatic rings. The van der Waals surface area contributed by atoms with Gasteiger partial charge in [-0.1, -0.05) is 11.8 Å². The Morgan fingerprint density at radius 3 is 2.62 bits per heavy atom. The van der Waals surface area contributed by atoms with Gasteiger partial charge < -0.3 is 21.4 Å². The Labute approximate surface area is 125 Å². The molecule has 1 aromatic carbocycles. The molecule has 0 unspecified atom stereocenters. The lowest BCUT2D eigenvalue weighted by Gasteiger charge is -2.17. The molecule has 1 aromatic heterocycles. The Hall–Kier alpha value is -2.48. The molecule has 0 radical (unpaired) electrons. The number of anilines is 3. The van der Waals surface area contributed by atoms with Crippen molar-refractivity contribution < 1.29 is 4.79 Å². The summed E-state index contributed by atoms with van der Waals surface area (Å²) in [5.74, 6) is 0.128. The maximum absolute atomic E-state index is 12.1. The minimum absolute atomic E-state index is 0.126. The number of nitrogens with zero attached hydrogens (tertiary/aromatic N) is 2. The number of thioether (sulfide) groups is 1. The van der Waals surface area contributed by atoms with Gasteiger partial charge in [0, 0.05) is 24.5 Å². The third-order valence-electron chi connectivity index (χ3n) is 2.73. The van der Waals surface area contributed by atoms with Crippen molar-refractivity contribution in [2.24, 2.45) is 0 Å². The zero-order valence-electron chi connectivity index (χ0n) is 11.4. The molecule has 8 heteroatoms. The molecule has 7 nitrogen and oxygen atoms in total. The van der Waals surface area contributed by atoms with Gasteiger partial charge >= 0.3 is 0 Å². The van der Waals surface area contributed by atoms with E-state index < -0.39 is 0 Å². The van der Waals surface area contributed by atoms with Gasteiger partial charge in [-0.05, 0) is 24.3 Å². The van der Waals surface area contributed by atoms with Crippen LogP contribution in [0, 0.1) is 0 Å². The van der Waals surface area contributed by atoms with Crippen LogP contribution in [0.15, 0.2) is 40.3 Å². The number of carbonyl (C=O) groups excluding carboxylic acids is 1. The number of rotatable bonds is 4. The van der Waals surface area contributed by atoms with Crippen molar-refractivity contribution >= 4 is 34.9 Å². The Balaban J connectivity index is 2.01. The summed E-state index contributed by atoms with van der Waals surface area (Å²) in [7, 11) is 1.67. The van der Waals surface area contributed by atoms with E-state index in [-0.39, 0.29) is 23.0 Å². The second kappa shape index (κ2) is 6.31. The first-order valence-corrected chi connectivity index (χ1v) is 7.06. The molecule has 0 spiro atoms. The van der Waals surface area contributed by atoms with Crippen molar-refractivity contribution in [1.29, 1.82) is 0 Å². The topological polar surface area (TPSA) is 118 Å². The van der Waals surface area contributed by atoms with E-state index in [9.17, 15) is 9.59 Å². The SMILES string of the molecule is CN(C(=O)CSc1nc(N)cc(=O)[nH]1)c1ccc(N)cc1. The second-order valence-corrected chi connectivity index (χ2v) is 5.27. The number of benzene rings is 1. The number of aromatic nitrogens is 2. The summed E-state index contributed by atoms with van der Waals surface area (Å²) in [5.41, 5.74) is 12.1. The van der Waals surface area contributed by atoms with Crippen molar-refractivity contribution in [2.45, 2.75) is 5.16 Å². The van der Waals surface area contributed by atoms with Crippen LogP contribution >= 0.6 is 11.8 Å². The van der Waals surface area contributed by atoms with Crippen molar-refractivity contribution in [2.75, 3.05) is 29.2 Å². The van der Waals surface area contributed by atoms with Crippen LogP contribution in [0.25, 0.3) is 0 Å². The first-order valence-electron chi connectivity index (χ1n) is 6.07. The number of aromatic amines is 1. The minimum Gasteiger partial charge on any atom is -0.399 e. The average molecular weight is 305 g/mol. The third kappa shape index (κ3) is 3.99. The van der Waals surface area contributed by atoms with Crippen molar-refractivity contribution in [1.82, 2.24) is 9.97 Å². The number of nitrogens with one attached hydrogen (secondary N) is 1. The molecule has 0 aliphatic rings. The third-order valence-corrected chi connectivity index (χ3v) is 3.58. The van der Waals surface area contributed by atoms with Gasteiger partial charge in [0.15, 0.2) is 5.16 Å². The van der Waals surface area contributed by atoms with Crippen LogP contribution in [-0.4, -0.2) is 28.7 Å². The molecule has 5 N–H and O–H groups in total. The minimum atomic E-state index is -0.343. The predicted molar refractivity (Wildman–Crippen MR) is 84.3 cm³/mol. The molecule has 0 saturated carbocycles. The highest BCUT2D eigenvalue weighted by molar-refractivity contribution is 7.99. The van der Waals surface area contributed by atoms with Crippen LogP contribution in [0.2, 0.25) is 0 Å². The summed E-state index contributed by atoms with van der Waals surface area (Å²) in [4.78, 5) is 31.3. The lowest BCUT2D eigenvalue weighted by Crippen LogP contribution is -2.28. The van der Waals surface area contributed by atoms with Crippen LogP contribution in [0.3, 0.4) is 0 Å². The molecule has 110 valence electrons. The summed E-state index contributed by atoms with van der Waals surface area (Å²) < 4.78 is 0. The van der Waals surface area contributed by atoms with Crippen LogP contribution in [0.4, 0.5) is 17.2 Å². The fourth-order valence-electron chi connectivity index (χ4n) is 1.59. The number of carbonyl (C=O) groups is 1. The molecular weight excluding hydrogens is 290 g/mol. The number of H-pyrrole nitrogens is 1.